The van der Waals surface area contributed by atoms with Crippen LogP contribution in [0.25, 0.3) is 0 Å². The Morgan fingerprint density at radius 1 is 1.08 bits per heavy atom. The van der Waals surface area contributed by atoms with Gasteiger partial charge in [0.1, 0.15) is 11.6 Å². The number of aromatic nitrogens is 1. The molecule has 0 saturated carbocycles. The minimum atomic E-state index is -4.53. The summed E-state index contributed by atoms with van der Waals surface area (Å²) in [5, 5.41) is 4.67. The van der Waals surface area contributed by atoms with Gasteiger partial charge < -0.3 is 5.73 Å². The highest BCUT2D eigenvalue weighted by Crippen LogP contribution is 2.47. The van der Waals surface area contributed by atoms with E-state index in [9.17, 15) is 27.2 Å². The van der Waals surface area contributed by atoms with Crippen molar-refractivity contribution in [3.63, 3.8) is 0 Å². The maximum Gasteiger partial charge on any atom is 0.416 e. The molecule has 11 heteroatoms. The first kappa shape index (κ1) is 24.7. The Labute approximate surface area is 213 Å². The molecule has 2 aromatic carbocycles. The van der Waals surface area contributed by atoms with Crippen molar-refractivity contribution >= 4 is 33.8 Å². The number of nitrogens with zero attached hydrogens (tertiary/aromatic N) is 2. The van der Waals surface area contributed by atoms with Gasteiger partial charge >= 0.3 is 6.18 Å². The minimum Gasteiger partial charge on any atom is -0.384 e. The number of thiazole rings is 1. The van der Waals surface area contributed by atoms with Crippen molar-refractivity contribution in [1.82, 2.24) is 4.98 Å². The summed E-state index contributed by atoms with van der Waals surface area (Å²) in [5.41, 5.74) is 7.39. The van der Waals surface area contributed by atoms with E-state index >= 15 is 0 Å². The number of anilines is 2. The van der Waals surface area contributed by atoms with Crippen molar-refractivity contribution in [2.45, 2.75) is 31.4 Å². The predicted molar refractivity (Wildman–Crippen MR) is 131 cm³/mol. The van der Waals surface area contributed by atoms with Gasteiger partial charge in [-0.3, -0.25) is 19.8 Å². The van der Waals surface area contributed by atoms with E-state index in [1.165, 1.54) is 58.8 Å². The lowest BCUT2D eigenvalue weighted by atomic mass is 9.75. The van der Waals surface area contributed by atoms with E-state index in [4.69, 9.17) is 5.73 Å². The number of halogens is 4. The fraction of sp³-hybridized carbons (Fsp3) is 0.192. The van der Waals surface area contributed by atoms with Crippen LogP contribution in [0, 0.1) is 5.82 Å². The summed E-state index contributed by atoms with van der Waals surface area (Å²) in [5.74, 6) is -2.24. The van der Waals surface area contributed by atoms with Crippen LogP contribution in [0.15, 0.2) is 82.8 Å². The average molecular weight is 529 g/mol. The second-order valence-corrected chi connectivity index (χ2v) is 9.49. The van der Waals surface area contributed by atoms with Gasteiger partial charge in [-0.05, 0) is 54.8 Å². The molecule has 0 bridgehead atoms. The van der Waals surface area contributed by atoms with E-state index in [-0.39, 0.29) is 29.3 Å². The number of Topliss-reactive ketones (excluding diaryl/α,β-unsaturated/α-hetero) is 1. The Balaban J connectivity index is 1.70. The summed E-state index contributed by atoms with van der Waals surface area (Å²) in [6, 6.07) is 9.81. The van der Waals surface area contributed by atoms with Crippen LogP contribution in [0.2, 0.25) is 0 Å². The smallest absolute Gasteiger partial charge is 0.384 e. The topological polar surface area (TPSA) is 88.3 Å². The first-order valence-corrected chi connectivity index (χ1v) is 12.2. The van der Waals surface area contributed by atoms with E-state index in [1.807, 2.05) is 0 Å². The first-order chi connectivity index (χ1) is 17.6. The quantitative estimate of drug-likeness (QED) is 0.423. The zero-order valence-corrected chi connectivity index (χ0v) is 20.0. The molecule has 0 radical (unpaired) electrons. The number of carbonyl (C=O) groups excluding carboxylic acids is 2. The number of nitrogens with two attached hydrogens (primary N) is 1. The molecular weight excluding hydrogens is 508 g/mol. The number of carbonyl (C=O) groups is 2. The fourth-order valence-electron chi connectivity index (χ4n) is 4.74. The molecule has 3 aromatic rings. The van der Waals surface area contributed by atoms with E-state index in [1.54, 1.807) is 5.38 Å². The Morgan fingerprint density at radius 2 is 1.78 bits per heavy atom. The summed E-state index contributed by atoms with van der Waals surface area (Å²) in [6.45, 7) is 0. The summed E-state index contributed by atoms with van der Waals surface area (Å²) >= 11 is 1.18. The Bertz CT molecular complexity index is 1410. The van der Waals surface area contributed by atoms with Gasteiger partial charge in [0.15, 0.2) is 10.9 Å². The summed E-state index contributed by atoms with van der Waals surface area (Å²) in [4.78, 5) is 32.5. The SMILES string of the molecule is NC1=C(C(=O)Nc2nccs2)[C@H](c2ccc(F)cc2)C2=C(CCCC2=O)N1c1ccc(C(F)(F)F)cc1. The molecule has 2 aliphatic rings. The van der Waals surface area contributed by atoms with Gasteiger partial charge in [-0.1, -0.05) is 12.1 Å². The minimum absolute atomic E-state index is 0.0238. The Morgan fingerprint density at radius 3 is 2.41 bits per heavy atom. The number of nitrogens with one attached hydrogen (secondary N) is 1. The number of amides is 1. The van der Waals surface area contributed by atoms with Crippen LogP contribution in [-0.2, 0) is 15.8 Å². The molecule has 190 valence electrons. The maximum atomic E-state index is 13.8. The fourth-order valence-corrected chi connectivity index (χ4v) is 5.27. The van der Waals surface area contributed by atoms with Crippen molar-refractivity contribution in [3.05, 3.63) is 99.7 Å². The van der Waals surface area contributed by atoms with Gasteiger partial charge in [-0.25, -0.2) is 9.37 Å². The lowest BCUT2D eigenvalue weighted by Gasteiger charge is -2.40. The van der Waals surface area contributed by atoms with Gasteiger partial charge in [0, 0.05) is 40.9 Å². The molecule has 1 aliphatic heterocycles. The van der Waals surface area contributed by atoms with Gasteiger partial charge in [0.25, 0.3) is 5.91 Å². The van der Waals surface area contributed by atoms with Crippen LogP contribution >= 0.6 is 11.3 Å². The van der Waals surface area contributed by atoms with Crippen LogP contribution < -0.4 is 16.0 Å². The summed E-state index contributed by atoms with van der Waals surface area (Å²) < 4.78 is 53.3. The first-order valence-electron chi connectivity index (χ1n) is 11.3. The monoisotopic (exact) mass is 528 g/mol. The van der Waals surface area contributed by atoms with Crippen LogP contribution in [0.4, 0.5) is 28.4 Å². The van der Waals surface area contributed by atoms with Crippen molar-refractivity contribution in [3.8, 4) is 0 Å². The number of hydrogen-bond acceptors (Lipinski definition) is 6. The molecule has 1 amide bonds. The van der Waals surface area contributed by atoms with Crippen LogP contribution in [0.1, 0.15) is 36.3 Å². The Hall–Kier alpha value is -3.99. The van der Waals surface area contributed by atoms with Gasteiger partial charge in [0.2, 0.25) is 0 Å². The van der Waals surface area contributed by atoms with E-state index in [0.29, 0.717) is 34.8 Å². The molecule has 6 nitrogen and oxygen atoms in total. The van der Waals surface area contributed by atoms with Crippen LogP contribution in [-0.4, -0.2) is 16.7 Å². The molecule has 1 aromatic heterocycles. The van der Waals surface area contributed by atoms with Gasteiger partial charge in [-0.2, -0.15) is 13.2 Å². The summed E-state index contributed by atoms with van der Waals surface area (Å²) in [6.07, 6.45) is -1.85. The lowest BCUT2D eigenvalue weighted by Crippen LogP contribution is -2.41. The number of rotatable bonds is 4. The number of allylic oxidation sites excluding steroid dienone is 2. The van der Waals surface area contributed by atoms with Crippen molar-refractivity contribution in [2.24, 2.45) is 5.73 Å². The molecule has 5 rings (SSSR count). The molecular formula is C26H20F4N4O2S. The standard InChI is InChI=1S/C26H20F4N4O2S/c27-16-8-4-14(5-9-16)20-21-18(2-1-3-19(21)35)34(17-10-6-15(7-11-17)26(28,29)30)23(31)22(20)24(36)33-25-32-12-13-37-25/h4-13,20H,1-3,31H2,(H,32,33,36)/t20-/m1/s1. The molecule has 3 N–H and O–H groups in total. The second-order valence-electron chi connectivity index (χ2n) is 8.59. The third kappa shape index (κ3) is 4.62. The highest BCUT2D eigenvalue weighted by Gasteiger charge is 2.43. The third-order valence-corrected chi connectivity index (χ3v) is 7.03. The average Bonchev–Trinajstić information content (AvgIpc) is 3.36. The lowest BCUT2D eigenvalue weighted by molar-refractivity contribution is -0.137. The van der Waals surface area contributed by atoms with E-state index in [2.05, 4.69) is 10.3 Å². The molecule has 0 fully saturated rings. The van der Waals surface area contributed by atoms with E-state index in [0.717, 1.165) is 12.1 Å². The van der Waals surface area contributed by atoms with Crippen molar-refractivity contribution in [2.75, 3.05) is 10.2 Å². The maximum absolute atomic E-state index is 13.8. The van der Waals surface area contributed by atoms with E-state index < -0.39 is 29.4 Å². The van der Waals surface area contributed by atoms with Crippen molar-refractivity contribution < 1.29 is 27.2 Å². The second kappa shape index (κ2) is 9.47. The zero-order valence-electron chi connectivity index (χ0n) is 19.2. The molecule has 0 unspecified atom stereocenters. The molecule has 1 aliphatic carbocycles. The number of benzene rings is 2. The number of ketones is 1. The van der Waals surface area contributed by atoms with Crippen molar-refractivity contribution in [1.29, 1.82) is 0 Å². The number of alkyl halides is 3. The van der Waals surface area contributed by atoms with Gasteiger partial charge in [0.05, 0.1) is 11.1 Å². The number of hydrogen-bond donors (Lipinski definition) is 2. The molecule has 37 heavy (non-hydrogen) atoms. The molecule has 1 atom stereocenters. The predicted octanol–water partition coefficient (Wildman–Crippen LogP) is 5.72. The highest BCUT2D eigenvalue weighted by molar-refractivity contribution is 7.13. The summed E-state index contributed by atoms with van der Waals surface area (Å²) in [7, 11) is 0. The molecule has 0 saturated heterocycles. The molecule has 2 heterocycles. The largest absolute Gasteiger partial charge is 0.416 e. The highest BCUT2D eigenvalue weighted by atomic mass is 32.1. The normalized spacial score (nSPS) is 18.2. The zero-order chi connectivity index (χ0) is 26.3. The van der Waals surface area contributed by atoms with Gasteiger partial charge in [-0.15, -0.1) is 11.3 Å². The third-order valence-electron chi connectivity index (χ3n) is 6.35. The Kier molecular flexibility index (Phi) is 6.32. The molecule has 0 spiro atoms. The van der Waals surface area contributed by atoms with Crippen LogP contribution in [0.3, 0.4) is 0 Å². The van der Waals surface area contributed by atoms with Crippen LogP contribution in [0.5, 0.6) is 0 Å².